The number of piperidine rings is 1. The normalized spacial score (nSPS) is 22.0. The molecule has 3 saturated heterocycles. The van der Waals surface area contributed by atoms with Crippen molar-refractivity contribution in [3.63, 3.8) is 0 Å². The number of rotatable bonds is 3. The van der Waals surface area contributed by atoms with Gasteiger partial charge in [-0.05, 0) is 63.0 Å². The summed E-state index contributed by atoms with van der Waals surface area (Å²) >= 11 is 0. The van der Waals surface area contributed by atoms with Crippen LogP contribution in [0.15, 0.2) is 36.5 Å². The van der Waals surface area contributed by atoms with E-state index in [2.05, 4.69) is 27.3 Å². The summed E-state index contributed by atoms with van der Waals surface area (Å²) in [5.41, 5.74) is 3.79. The van der Waals surface area contributed by atoms with E-state index < -0.39 is 12.7 Å². The van der Waals surface area contributed by atoms with Crippen LogP contribution in [-0.4, -0.2) is 67.9 Å². The van der Waals surface area contributed by atoms with E-state index in [1.165, 1.54) is 11.3 Å². The molecule has 1 amide bonds. The van der Waals surface area contributed by atoms with Gasteiger partial charge in [0.1, 0.15) is 5.82 Å². The van der Waals surface area contributed by atoms with Crippen molar-refractivity contribution in [2.45, 2.75) is 38.4 Å². The fourth-order valence-electron chi connectivity index (χ4n) is 6.22. The second kappa shape index (κ2) is 9.47. The zero-order valence-electron chi connectivity index (χ0n) is 20.8. The van der Waals surface area contributed by atoms with Crippen LogP contribution < -0.4 is 15.1 Å². The molecule has 37 heavy (non-hydrogen) atoms. The summed E-state index contributed by atoms with van der Waals surface area (Å²) in [4.78, 5) is 23.9. The molecule has 0 bridgehead atoms. The fraction of sp³-hybridized carbons (Fsp3) is 0.556. The van der Waals surface area contributed by atoms with Crippen molar-refractivity contribution in [2.75, 3.05) is 61.1 Å². The molecule has 198 valence electrons. The molecule has 3 fully saturated rings. The Balaban J connectivity index is 1.24. The maximum absolute atomic E-state index is 13.9. The van der Waals surface area contributed by atoms with Crippen LogP contribution in [0.1, 0.15) is 31.2 Å². The molecule has 0 radical (unpaired) electrons. The summed E-state index contributed by atoms with van der Waals surface area (Å²) < 4.78 is 44.3. The van der Waals surface area contributed by atoms with Gasteiger partial charge in [0.2, 0.25) is 5.91 Å². The largest absolute Gasteiger partial charge is 0.401 e. The SMILES string of the molecule is O=C(C1CCN(CC(F)(F)F)CC1)N1Cc2cccnc2Nc2ccc(N3CC4(CCCOC4)C3)cc21. The topological polar surface area (TPSA) is 60.9 Å². The molecule has 5 heterocycles. The third-order valence-corrected chi connectivity index (χ3v) is 8.17. The van der Waals surface area contributed by atoms with Gasteiger partial charge in [0, 0.05) is 48.5 Å². The van der Waals surface area contributed by atoms with Crippen molar-refractivity contribution in [1.82, 2.24) is 9.88 Å². The lowest BCUT2D eigenvalue weighted by Crippen LogP contribution is -2.60. The number of likely N-dealkylation sites (tertiary alicyclic amines) is 1. The third-order valence-electron chi connectivity index (χ3n) is 8.17. The second-order valence-electron chi connectivity index (χ2n) is 10.9. The minimum absolute atomic E-state index is 0.0377. The summed E-state index contributed by atoms with van der Waals surface area (Å²) in [6.07, 6.45) is 0.606. The van der Waals surface area contributed by atoms with E-state index in [1.807, 2.05) is 23.1 Å². The number of fused-ring (bicyclic) bond motifs is 2. The molecule has 2 aromatic rings. The number of halogens is 3. The Hall–Kier alpha value is -2.85. The highest BCUT2D eigenvalue weighted by Gasteiger charge is 2.44. The lowest BCUT2D eigenvalue weighted by atomic mass is 9.75. The number of carbonyl (C=O) groups is 1. The van der Waals surface area contributed by atoms with Crippen LogP contribution in [0.25, 0.3) is 0 Å². The molecule has 4 aliphatic rings. The molecule has 10 heteroatoms. The molecule has 7 nitrogen and oxygen atoms in total. The lowest BCUT2D eigenvalue weighted by molar-refractivity contribution is -0.149. The number of aromatic nitrogens is 1. The molecule has 1 aromatic heterocycles. The number of hydrogen-bond acceptors (Lipinski definition) is 6. The summed E-state index contributed by atoms with van der Waals surface area (Å²) in [6.45, 7) is 3.50. The quantitative estimate of drug-likeness (QED) is 0.647. The van der Waals surface area contributed by atoms with Gasteiger partial charge in [-0.2, -0.15) is 13.2 Å². The number of pyridine rings is 1. The van der Waals surface area contributed by atoms with E-state index >= 15 is 0 Å². The first-order valence-electron chi connectivity index (χ1n) is 13.1. The predicted octanol–water partition coefficient (Wildman–Crippen LogP) is 4.56. The van der Waals surface area contributed by atoms with Gasteiger partial charge < -0.3 is 19.9 Å². The summed E-state index contributed by atoms with van der Waals surface area (Å²) in [7, 11) is 0. The smallest absolute Gasteiger partial charge is 0.381 e. The van der Waals surface area contributed by atoms with E-state index in [9.17, 15) is 18.0 Å². The molecule has 0 unspecified atom stereocenters. The average molecular weight is 516 g/mol. The van der Waals surface area contributed by atoms with E-state index in [4.69, 9.17) is 4.74 Å². The zero-order chi connectivity index (χ0) is 25.6. The van der Waals surface area contributed by atoms with Gasteiger partial charge in [-0.1, -0.05) is 6.07 Å². The average Bonchev–Trinajstić information content (AvgIpc) is 3.03. The predicted molar refractivity (Wildman–Crippen MR) is 135 cm³/mol. The highest BCUT2D eigenvalue weighted by molar-refractivity contribution is 6.00. The number of nitrogens with one attached hydrogen (secondary N) is 1. The molecule has 6 rings (SSSR count). The van der Waals surface area contributed by atoms with Gasteiger partial charge in [-0.3, -0.25) is 9.69 Å². The van der Waals surface area contributed by atoms with Crippen LogP contribution in [0.5, 0.6) is 0 Å². The summed E-state index contributed by atoms with van der Waals surface area (Å²) in [5, 5.41) is 3.41. The van der Waals surface area contributed by atoms with E-state index in [0.717, 1.165) is 55.3 Å². The van der Waals surface area contributed by atoms with Crippen LogP contribution in [0.4, 0.5) is 36.1 Å². The van der Waals surface area contributed by atoms with Crippen molar-refractivity contribution < 1.29 is 22.7 Å². The fourth-order valence-corrected chi connectivity index (χ4v) is 6.22. The zero-order valence-corrected chi connectivity index (χ0v) is 20.8. The highest BCUT2D eigenvalue weighted by atomic mass is 19.4. The minimum Gasteiger partial charge on any atom is -0.381 e. The number of carbonyl (C=O) groups excluding carboxylic acids is 1. The highest BCUT2D eigenvalue weighted by Crippen LogP contribution is 2.44. The minimum atomic E-state index is -4.22. The van der Waals surface area contributed by atoms with Gasteiger partial charge in [0.25, 0.3) is 0 Å². The van der Waals surface area contributed by atoms with Crippen molar-refractivity contribution in [3.05, 3.63) is 42.1 Å². The molecule has 0 saturated carbocycles. The van der Waals surface area contributed by atoms with Gasteiger partial charge in [0.05, 0.1) is 31.1 Å². The maximum atomic E-state index is 13.9. The van der Waals surface area contributed by atoms with Gasteiger partial charge >= 0.3 is 6.18 Å². The number of alkyl halides is 3. The summed E-state index contributed by atoms with van der Waals surface area (Å²) in [6, 6.07) is 9.96. The number of amides is 1. The Labute approximate surface area is 214 Å². The Morgan fingerprint density at radius 2 is 2.00 bits per heavy atom. The molecule has 0 aliphatic carbocycles. The van der Waals surface area contributed by atoms with Gasteiger partial charge in [0.15, 0.2) is 0 Å². The molecule has 4 aliphatic heterocycles. The van der Waals surface area contributed by atoms with Crippen LogP contribution in [-0.2, 0) is 16.1 Å². The molecule has 0 atom stereocenters. The Kier molecular flexibility index (Phi) is 6.27. The van der Waals surface area contributed by atoms with Crippen LogP contribution >= 0.6 is 0 Å². The maximum Gasteiger partial charge on any atom is 0.401 e. The summed E-state index contributed by atoms with van der Waals surface area (Å²) in [5.74, 6) is 0.365. The number of anilines is 4. The first kappa shape index (κ1) is 24.5. The van der Waals surface area contributed by atoms with Crippen LogP contribution in [0.3, 0.4) is 0 Å². The number of hydrogen-bond donors (Lipinski definition) is 1. The van der Waals surface area contributed by atoms with Crippen molar-refractivity contribution in [3.8, 4) is 0 Å². The van der Waals surface area contributed by atoms with E-state index in [0.29, 0.717) is 25.2 Å². The number of ether oxygens (including phenoxy) is 1. The number of nitrogens with zero attached hydrogens (tertiary/aromatic N) is 4. The molecule has 1 N–H and O–H groups in total. The Bertz CT molecular complexity index is 1150. The monoisotopic (exact) mass is 515 g/mol. The standard InChI is InChI=1S/C27H32F3N5O2/c28-27(29,30)17-33-10-6-19(7-11-33)25(36)35-14-20-3-1-9-31-24(20)32-22-5-4-21(13-23(22)35)34-15-26(16-34)8-2-12-37-18-26/h1,3-5,9,13,19H,2,6-8,10-12,14-18H2,(H,31,32). The van der Waals surface area contributed by atoms with E-state index in [-0.39, 0.29) is 30.3 Å². The van der Waals surface area contributed by atoms with Gasteiger partial charge in [-0.25, -0.2) is 4.98 Å². The van der Waals surface area contributed by atoms with Crippen molar-refractivity contribution in [2.24, 2.45) is 11.3 Å². The van der Waals surface area contributed by atoms with E-state index in [1.54, 1.807) is 6.20 Å². The molecule has 1 aromatic carbocycles. The van der Waals surface area contributed by atoms with Crippen LogP contribution in [0.2, 0.25) is 0 Å². The Morgan fingerprint density at radius 1 is 1.19 bits per heavy atom. The Morgan fingerprint density at radius 3 is 2.73 bits per heavy atom. The van der Waals surface area contributed by atoms with Crippen molar-refractivity contribution in [1.29, 1.82) is 0 Å². The molecule has 1 spiro atoms. The number of benzene rings is 1. The second-order valence-corrected chi connectivity index (χ2v) is 10.9. The first-order chi connectivity index (χ1) is 17.8. The van der Waals surface area contributed by atoms with Gasteiger partial charge in [-0.15, -0.1) is 0 Å². The lowest BCUT2D eigenvalue weighted by Gasteiger charge is -2.53. The van der Waals surface area contributed by atoms with Crippen molar-refractivity contribution >= 4 is 28.8 Å². The molecular formula is C27H32F3N5O2. The van der Waals surface area contributed by atoms with Crippen LogP contribution in [0, 0.1) is 11.3 Å². The molecular weight excluding hydrogens is 483 g/mol. The first-order valence-corrected chi connectivity index (χ1v) is 13.1. The third kappa shape index (κ3) is 5.01.